The van der Waals surface area contributed by atoms with Gasteiger partial charge in [0, 0.05) is 11.6 Å². The van der Waals surface area contributed by atoms with E-state index in [2.05, 4.69) is 15.0 Å². The Hall–Kier alpha value is -2.60. The van der Waals surface area contributed by atoms with E-state index in [4.69, 9.17) is 22.1 Å². The quantitative estimate of drug-likeness (QED) is 0.757. The van der Waals surface area contributed by atoms with Crippen molar-refractivity contribution >= 4 is 28.3 Å². The number of hydrogen-bond acceptors (Lipinski definition) is 5. The molecule has 0 aliphatic rings. The summed E-state index contributed by atoms with van der Waals surface area (Å²) in [6.07, 6.45) is 1.33. The van der Waals surface area contributed by atoms with Gasteiger partial charge in [-0.25, -0.2) is 9.97 Å². The number of aromatic amines is 1. The van der Waals surface area contributed by atoms with Gasteiger partial charge in [-0.2, -0.15) is 0 Å². The summed E-state index contributed by atoms with van der Waals surface area (Å²) < 4.78 is 5.11. The molecule has 6 nitrogen and oxygen atoms in total. The molecule has 0 radical (unpaired) electrons. The SMILES string of the molecule is COc1ccc(-c2nc(N)cc3nc[nH]c(=O)c23)cc1Cl. The molecule has 0 unspecified atom stereocenters. The molecule has 0 fully saturated rings. The molecule has 0 saturated carbocycles. The Labute approximate surface area is 124 Å². The van der Waals surface area contributed by atoms with Gasteiger partial charge < -0.3 is 15.5 Å². The van der Waals surface area contributed by atoms with Crippen LogP contribution >= 0.6 is 11.6 Å². The molecule has 2 heterocycles. The average molecular weight is 303 g/mol. The highest BCUT2D eigenvalue weighted by atomic mass is 35.5. The zero-order valence-corrected chi connectivity index (χ0v) is 11.8. The van der Waals surface area contributed by atoms with E-state index >= 15 is 0 Å². The molecule has 3 rings (SSSR count). The smallest absolute Gasteiger partial charge is 0.260 e. The van der Waals surface area contributed by atoms with Crippen molar-refractivity contribution in [2.45, 2.75) is 0 Å². The Bertz CT molecular complexity index is 892. The minimum absolute atomic E-state index is 0.280. The van der Waals surface area contributed by atoms with Gasteiger partial charge in [-0.15, -0.1) is 0 Å². The van der Waals surface area contributed by atoms with Crippen molar-refractivity contribution in [1.29, 1.82) is 0 Å². The molecule has 0 saturated heterocycles. The van der Waals surface area contributed by atoms with Crippen LogP contribution in [-0.4, -0.2) is 22.1 Å². The van der Waals surface area contributed by atoms with Gasteiger partial charge in [-0.3, -0.25) is 4.79 Å². The maximum atomic E-state index is 12.1. The second-order valence-corrected chi connectivity index (χ2v) is 4.78. The Morgan fingerprint density at radius 1 is 1.33 bits per heavy atom. The zero-order valence-electron chi connectivity index (χ0n) is 11.1. The van der Waals surface area contributed by atoms with Crippen molar-refractivity contribution in [2.24, 2.45) is 0 Å². The summed E-state index contributed by atoms with van der Waals surface area (Å²) in [6, 6.07) is 6.70. The summed E-state index contributed by atoms with van der Waals surface area (Å²) in [5.74, 6) is 0.822. The molecule has 2 aromatic heterocycles. The van der Waals surface area contributed by atoms with Gasteiger partial charge in [0.25, 0.3) is 5.56 Å². The first-order chi connectivity index (χ1) is 10.1. The van der Waals surface area contributed by atoms with E-state index in [9.17, 15) is 4.79 Å². The molecule has 0 aliphatic carbocycles. The van der Waals surface area contributed by atoms with Crippen molar-refractivity contribution in [3.05, 3.63) is 46.0 Å². The molecular formula is C14H11ClN4O2. The molecule has 3 aromatic rings. The van der Waals surface area contributed by atoms with Crippen LogP contribution in [0.5, 0.6) is 5.75 Å². The van der Waals surface area contributed by atoms with Crippen molar-refractivity contribution in [2.75, 3.05) is 12.8 Å². The number of pyridine rings is 1. The van der Waals surface area contributed by atoms with Gasteiger partial charge >= 0.3 is 0 Å². The third-order valence-electron chi connectivity index (χ3n) is 3.07. The number of nitrogen functional groups attached to an aromatic ring is 1. The Morgan fingerprint density at radius 3 is 2.86 bits per heavy atom. The lowest BCUT2D eigenvalue weighted by Gasteiger charge is -2.08. The van der Waals surface area contributed by atoms with Crippen LogP contribution in [0.1, 0.15) is 0 Å². The summed E-state index contributed by atoms with van der Waals surface area (Å²) >= 11 is 6.12. The monoisotopic (exact) mass is 302 g/mol. The van der Waals surface area contributed by atoms with E-state index in [0.717, 1.165) is 0 Å². The summed E-state index contributed by atoms with van der Waals surface area (Å²) in [5.41, 5.74) is 7.08. The zero-order chi connectivity index (χ0) is 15.0. The molecule has 0 aliphatic heterocycles. The number of ether oxygens (including phenoxy) is 1. The number of anilines is 1. The number of nitrogens with two attached hydrogens (primary N) is 1. The first-order valence-corrected chi connectivity index (χ1v) is 6.46. The van der Waals surface area contributed by atoms with Gasteiger partial charge in [0.2, 0.25) is 0 Å². The van der Waals surface area contributed by atoms with Crippen LogP contribution in [0.4, 0.5) is 5.82 Å². The minimum atomic E-state index is -0.283. The first kappa shape index (κ1) is 13.4. The standard InChI is InChI=1S/C14H11ClN4O2/c1-21-10-3-2-7(4-8(10)15)13-12-9(5-11(16)19-13)17-6-18-14(12)20/h2-6H,1H3,(H2,16,19)(H,17,18,20). The largest absolute Gasteiger partial charge is 0.495 e. The number of hydrogen-bond donors (Lipinski definition) is 2. The topological polar surface area (TPSA) is 93.9 Å². The predicted octanol–water partition coefficient (Wildman–Crippen LogP) is 2.23. The Kier molecular flexibility index (Phi) is 3.23. The maximum absolute atomic E-state index is 12.1. The molecule has 0 bridgehead atoms. The van der Waals surface area contributed by atoms with E-state index < -0.39 is 0 Å². The number of H-pyrrole nitrogens is 1. The van der Waals surface area contributed by atoms with Crippen LogP contribution in [0.2, 0.25) is 5.02 Å². The van der Waals surface area contributed by atoms with Gasteiger partial charge in [-0.05, 0) is 18.2 Å². The fraction of sp³-hybridized carbons (Fsp3) is 0.0714. The van der Waals surface area contributed by atoms with Crippen LogP contribution < -0.4 is 16.0 Å². The van der Waals surface area contributed by atoms with Gasteiger partial charge in [0.05, 0.1) is 35.1 Å². The highest BCUT2D eigenvalue weighted by molar-refractivity contribution is 6.32. The summed E-state index contributed by atoms with van der Waals surface area (Å²) in [5, 5.41) is 0.792. The third-order valence-corrected chi connectivity index (χ3v) is 3.37. The normalized spacial score (nSPS) is 10.8. The lowest BCUT2D eigenvalue weighted by Crippen LogP contribution is -2.09. The van der Waals surface area contributed by atoms with Gasteiger partial charge in [-0.1, -0.05) is 11.6 Å². The lowest BCUT2D eigenvalue weighted by atomic mass is 10.1. The van der Waals surface area contributed by atoms with E-state index in [1.807, 2.05) is 0 Å². The second kappa shape index (κ2) is 5.06. The summed E-state index contributed by atoms with van der Waals surface area (Å²) in [6.45, 7) is 0. The Balaban J connectivity index is 2.34. The number of nitrogens with zero attached hydrogens (tertiary/aromatic N) is 2. The molecular weight excluding hydrogens is 292 g/mol. The van der Waals surface area contributed by atoms with Crippen molar-refractivity contribution in [3.63, 3.8) is 0 Å². The van der Waals surface area contributed by atoms with Crippen LogP contribution in [0.25, 0.3) is 22.2 Å². The molecule has 1 aromatic carbocycles. The number of halogens is 1. The number of aromatic nitrogens is 3. The third kappa shape index (κ3) is 2.30. The fourth-order valence-corrected chi connectivity index (χ4v) is 2.39. The number of benzene rings is 1. The molecule has 21 heavy (non-hydrogen) atoms. The highest BCUT2D eigenvalue weighted by Crippen LogP contribution is 2.31. The molecule has 7 heteroatoms. The van der Waals surface area contributed by atoms with Gasteiger partial charge in [0.15, 0.2) is 0 Å². The minimum Gasteiger partial charge on any atom is -0.495 e. The molecule has 3 N–H and O–H groups in total. The van der Waals surface area contributed by atoms with Crippen molar-refractivity contribution < 1.29 is 4.74 Å². The number of nitrogens with one attached hydrogen (secondary N) is 1. The van der Waals surface area contributed by atoms with E-state index in [-0.39, 0.29) is 11.4 Å². The fourth-order valence-electron chi connectivity index (χ4n) is 2.13. The molecule has 0 amide bonds. The maximum Gasteiger partial charge on any atom is 0.260 e. The number of methoxy groups -OCH3 is 1. The van der Waals surface area contributed by atoms with Crippen molar-refractivity contribution in [3.8, 4) is 17.0 Å². The van der Waals surface area contributed by atoms with Crippen molar-refractivity contribution in [1.82, 2.24) is 15.0 Å². The first-order valence-electron chi connectivity index (χ1n) is 6.08. The van der Waals surface area contributed by atoms with Crippen LogP contribution in [0.15, 0.2) is 35.4 Å². The molecule has 0 spiro atoms. The lowest BCUT2D eigenvalue weighted by molar-refractivity contribution is 0.415. The summed E-state index contributed by atoms with van der Waals surface area (Å²) in [7, 11) is 1.53. The van der Waals surface area contributed by atoms with Crippen LogP contribution in [0.3, 0.4) is 0 Å². The average Bonchev–Trinajstić information content (AvgIpc) is 2.46. The van der Waals surface area contributed by atoms with Crippen LogP contribution in [0, 0.1) is 0 Å². The van der Waals surface area contributed by atoms with E-state index in [1.165, 1.54) is 13.4 Å². The number of fused-ring (bicyclic) bond motifs is 1. The summed E-state index contributed by atoms with van der Waals surface area (Å²) in [4.78, 5) is 23.0. The molecule has 0 atom stereocenters. The Morgan fingerprint density at radius 2 is 2.14 bits per heavy atom. The van der Waals surface area contributed by atoms with Gasteiger partial charge in [0.1, 0.15) is 11.6 Å². The highest BCUT2D eigenvalue weighted by Gasteiger charge is 2.13. The molecule has 106 valence electrons. The van der Waals surface area contributed by atoms with Crippen LogP contribution in [-0.2, 0) is 0 Å². The number of rotatable bonds is 2. The second-order valence-electron chi connectivity index (χ2n) is 4.37. The van der Waals surface area contributed by atoms with E-state index in [1.54, 1.807) is 24.3 Å². The predicted molar refractivity (Wildman–Crippen MR) is 81.6 cm³/mol. The van der Waals surface area contributed by atoms with E-state index in [0.29, 0.717) is 32.9 Å².